The quantitative estimate of drug-likeness (QED) is 0.666. The molecule has 1 heterocycles. The van der Waals surface area contributed by atoms with Crippen LogP contribution in [0.2, 0.25) is 0 Å². The fourth-order valence-corrected chi connectivity index (χ4v) is 0.899. The highest BCUT2D eigenvalue weighted by Gasteiger charge is 1.90. The molecule has 0 amide bonds. The third kappa shape index (κ3) is 3.37. The van der Waals surface area contributed by atoms with Crippen molar-refractivity contribution in [2.75, 3.05) is 0 Å². The number of carboxylic acid groups (broad SMARTS) is 1. The monoisotopic (exact) mass is 179 g/mol. The number of aromatic amines is 1. The Hall–Kier alpha value is -1.84. The van der Waals surface area contributed by atoms with Gasteiger partial charge in [-0.25, -0.2) is 4.79 Å². The molecule has 2 N–H and O–H groups in total. The minimum absolute atomic E-state index is 0.179. The number of hydrogen-bond acceptors (Lipinski definition) is 2. The smallest absolute Gasteiger partial charge is 0.327 e. The van der Waals surface area contributed by atoms with Crippen molar-refractivity contribution < 1.29 is 9.90 Å². The van der Waals surface area contributed by atoms with Crippen LogP contribution in [0.3, 0.4) is 0 Å². The zero-order chi connectivity index (χ0) is 9.68. The minimum atomic E-state index is -0.988. The van der Waals surface area contributed by atoms with Gasteiger partial charge in [-0.3, -0.25) is 4.79 Å². The molecule has 1 aromatic rings. The van der Waals surface area contributed by atoms with E-state index in [0.29, 0.717) is 12.1 Å². The average molecular weight is 179 g/mol. The molecule has 1 rings (SSSR count). The molecule has 1 aromatic heterocycles. The molecule has 0 bridgehead atoms. The third-order valence-electron chi connectivity index (χ3n) is 1.43. The fourth-order valence-electron chi connectivity index (χ4n) is 0.899. The summed E-state index contributed by atoms with van der Waals surface area (Å²) < 4.78 is 0. The molecule has 4 heteroatoms. The van der Waals surface area contributed by atoms with Crippen LogP contribution in [0.4, 0.5) is 0 Å². The highest BCUT2D eigenvalue weighted by atomic mass is 16.4. The molecule has 68 valence electrons. The maximum Gasteiger partial charge on any atom is 0.327 e. The van der Waals surface area contributed by atoms with E-state index >= 15 is 0 Å². The molecular formula is C9H9NO3. The topological polar surface area (TPSA) is 70.2 Å². The normalized spacial score (nSPS) is 10.5. The van der Waals surface area contributed by atoms with E-state index < -0.39 is 5.97 Å². The van der Waals surface area contributed by atoms with E-state index in [1.54, 1.807) is 12.1 Å². The molecule has 0 spiro atoms. The zero-order valence-electron chi connectivity index (χ0n) is 6.86. The summed E-state index contributed by atoms with van der Waals surface area (Å²) in [5, 5.41) is 8.29. The molecule has 0 radical (unpaired) electrons. The second-order valence-corrected chi connectivity index (χ2v) is 2.49. The summed E-state index contributed by atoms with van der Waals surface area (Å²) in [5.74, 6) is -0.988. The highest BCUT2D eigenvalue weighted by molar-refractivity contribution is 5.79. The van der Waals surface area contributed by atoms with Gasteiger partial charge in [-0.1, -0.05) is 12.1 Å². The van der Waals surface area contributed by atoms with Crippen LogP contribution in [0.5, 0.6) is 0 Å². The highest BCUT2D eigenvalue weighted by Crippen LogP contribution is 1.92. The van der Waals surface area contributed by atoms with Gasteiger partial charge in [0.2, 0.25) is 5.56 Å². The summed E-state index contributed by atoms with van der Waals surface area (Å²) >= 11 is 0. The predicted octanol–water partition coefficient (Wildman–Crippen LogP) is 0.558. The van der Waals surface area contributed by atoms with E-state index in [1.165, 1.54) is 12.1 Å². The molecule has 0 aromatic carbocycles. The van der Waals surface area contributed by atoms with Gasteiger partial charge in [0.25, 0.3) is 0 Å². The lowest BCUT2D eigenvalue weighted by molar-refractivity contribution is -0.131. The molecule has 0 aliphatic carbocycles. The van der Waals surface area contributed by atoms with Gasteiger partial charge in [-0.2, -0.15) is 0 Å². The maximum absolute atomic E-state index is 10.8. The number of allylic oxidation sites excluding steroid dienone is 1. The van der Waals surface area contributed by atoms with Gasteiger partial charge in [0.05, 0.1) is 0 Å². The summed E-state index contributed by atoms with van der Waals surface area (Å²) in [6, 6.07) is 4.76. The summed E-state index contributed by atoms with van der Waals surface area (Å²) in [6.07, 6.45) is 2.95. The second kappa shape index (κ2) is 4.25. The molecule has 0 aliphatic heterocycles. The van der Waals surface area contributed by atoms with Gasteiger partial charge in [-0.15, -0.1) is 0 Å². The van der Waals surface area contributed by atoms with Crippen LogP contribution >= 0.6 is 0 Å². The first kappa shape index (κ1) is 9.25. The van der Waals surface area contributed by atoms with Crippen molar-refractivity contribution >= 4 is 5.97 Å². The molecule has 13 heavy (non-hydrogen) atoms. The number of H-pyrrole nitrogens is 1. The number of carboxylic acids is 1. The average Bonchev–Trinajstić information content (AvgIpc) is 2.03. The largest absolute Gasteiger partial charge is 0.478 e. The number of rotatable bonds is 3. The van der Waals surface area contributed by atoms with Crippen molar-refractivity contribution in [1.82, 2.24) is 4.98 Å². The minimum Gasteiger partial charge on any atom is -0.478 e. The lowest BCUT2D eigenvalue weighted by Gasteiger charge is -1.93. The third-order valence-corrected chi connectivity index (χ3v) is 1.43. The number of carbonyl (C=O) groups is 1. The SMILES string of the molecule is O=C(O)/C=C/Cc1cccc(=O)[nH]1. The van der Waals surface area contributed by atoms with Crippen LogP contribution in [0.1, 0.15) is 5.69 Å². The van der Waals surface area contributed by atoms with Crippen molar-refractivity contribution in [2.24, 2.45) is 0 Å². The van der Waals surface area contributed by atoms with Gasteiger partial charge in [-0.05, 0) is 6.07 Å². The van der Waals surface area contributed by atoms with E-state index in [2.05, 4.69) is 4.98 Å². The maximum atomic E-state index is 10.8. The van der Waals surface area contributed by atoms with Crippen molar-refractivity contribution in [3.63, 3.8) is 0 Å². The van der Waals surface area contributed by atoms with Crippen LogP contribution in [0.15, 0.2) is 35.1 Å². The Kier molecular flexibility index (Phi) is 3.03. The van der Waals surface area contributed by atoms with E-state index in [-0.39, 0.29) is 5.56 Å². The number of aliphatic carboxylic acids is 1. The summed E-state index contributed by atoms with van der Waals surface area (Å²) in [6.45, 7) is 0. The molecule has 0 unspecified atom stereocenters. The molecular weight excluding hydrogens is 170 g/mol. The Labute approximate surface area is 74.5 Å². The van der Waals surface area contributed by atoms with Crippen LogP contribution in [0, 0.1) is 0 Å². The zero-order valence-corrected chi connectivity index (χ0v) is 6.86. The number of nitrogens with one attached hydrogen (secondary N) is 1. The van der Waals surface area contributed by atoms with Crippen molar-refractivity contribution in [2.45, 2.75) is 6.42 Å². The summed E-state index contributed by atoms with van der Waals surface area (Å²) in [4.78, 5) is 23.5. The Bertz CT molecular complexity index is 378. The van der Waals surface area contributed by atoms with Gasteiger partial charge in [0.1, 0.15) is 0 Å². The Morgan fingerprint density at radius 2 is 2.31 bits per heavy atom. The molecule has 0 saturated carbocycles. The fraction of sp³-hybridized carbons (Fsp3) is 0.111. The van der Waals surface area contributed by atoms with E-state index in [1.807, 2.05) is 0 Å². The lowest BCUT2D eigenvalue weighted by Crippen LogP contribution is -2.05. The van der Waals surface area contributed by atoms with Crippen LogP contribution < -0.4 is 5.56 Å². The van der Waals surface area contributed by atoms with Crippen molar-refractivity contribution in [3.8, 4) is 0 Å². The van der Waals surface area contributed by atoms with Gasteiger partial charge < -0.3 is 10.1 Å². The predicted molar refractivity (Wildman–Crippen MR) is 47.5 cm³/mol. The van der Waals surface area contributed by atoms with Crippen LogP contribution in [-0.4, -0.2) is 16.1 Å². The van der Waals surface area contributed by atoms with Crippen molar-refractivity contribution in [1.29, 1.82) is 0 Å². The van der Waals surface area contributed by atoms with Crippen LogP contribution in [-0.2, 0) is 11.2 Å². The van der Waals surface area contributed by atoms with Gasteiger partial charge >= 0.3 is 5.97 Å². The lowest BCUT2D eigenvalue weighted by atomic mass is 10.2. The summed E-state index contributed by atoms with van der Waals surface area (Å²) in [5.41, 5.74) is 0.520. The van der Waals surface area contributed by atoms with Gasteiger partial charge in [0, 0.05) is 24.3 Å². The Morgan fingerprint density at radius 1 is 1.54 bits per heavy atom. The molecule has 0 atom stereocenters. The number of aromatic nitrogens is 1. The molecule has 0 fully saturated rings. The first-order chi connectivity index (χ1) is 6.18. The van der Waals surface area contributed by atoms with E-state index in [4.69, 9.17) is 5.11 Å². The van der Waals surface area contributed by atoms with E-state index in [9.17, 15) is 9.59 Å². The van der Waals surface area contributed by atoms with Gasteiger partial charge in [0.15, 0.2) is 0 Å². The Balaban J connectivity index is 2.65. The molecule has 4 nitrogen and oxygen atoms in total. The second-order valence-electron chi connectivity index (χ2n) is 2.49. The number of hydrogen-bond donors (Lipinski definition) is 2. The molecule has 0 saturated heterocycles. The Morgan fingerprint density at radius 3 is 2.92 bits per heavy atom. The van der Waals surface area contributed by atoms with Crippen molar-refractivity contribution in [3.05, 3.63) is 46.4 Å². The summed E-state index contributed by atoms with van der Waals surface area (Å²) in [7, 11) is 0. The molecule has 0 aliphatic rings. The number of pyridine rings is 1. The van der Waals surface area contributed by atoms with Crippen LogP contribution in [0.25, 0.3) is 0 Å². The van der Waals surface area contributed by atoms with E-state index in [0.717, 1.165) is 6.08 Å². The standard InChI is InChI=1S/C9H9NO3/c11-8-5-1-3-7(10-8)4-2-6-9(12)13/h1-3,5-6H,4H2,(H,10,11)(H,12,13)/b6-2+. The first-order valence-corrected chi connectivity index (χ1v) is 3.76. The first-order valence-electron chi connectivity index (χ1n) is 3.76.